The SMILES string of the molecule is C[C@@H]1CN(C(=O)[C@H]2CCCN(C(N)=O)C2)C[C@H]1N1CCOCC1. The van der Waals surface area contributed by atoms with Gasteiger partial charge < -0.3 is 20.3 Å². The van der Waals surface area contributed by atoms with Crippen molar-refractivity contribution in [2.24, 2.45) is 17.6 Å². The van der Waals surface area contributed by atoms with Gasteiger partial charge in [-0.15, -0.1) is 0 Å². The molecule has 3 heterocycles. The summed E-state index contributed by atoms with van der Waals surface area (Å²) >= 11 is 0. The predicted molar refractivity (Wildman–Crippen MR) is 85.8 cm³/mol. The molecule has 2 N–H and O–H groups in total. The lowest BCUT2D eigenvalue weighted by Gasteiger charge is -2.35. The summed E-state index contributed by atoms with van der Waals surface area (Å²) in [5, 5.41) is 0. The molecule has 0 aromatic rings. The topological polar surface area (TPSA) is 79.1 Å². The lowest BCUT2D eigenvalue weighted by atomic mass is 9.97. The fourth-order valence-corrected chi connectivity index (χ4v) is 4.15. The minimum absolute atomic E-state index is 0.0908. The van der Waals surface area contributed by atoms with Crippen LogP contribution in [-0.4, -0.2) is 85.2 Å². The van der Waals surface area contributed by atoms with Crippen molar-refractivity contribution in [3.05, 3.63) is 0 Å². The van der Waals surface area contributed by atoms with Gasteiger partial charge in [0.15, 0.2) is 0 Å². The van der Waals surface area contributed by atoms with Crippen molar-refractivity contribution in [2.45, 2.75) is 25.8 Å². The van der Waals surface area contributed by atoms with Gasteiger partial charge in [0.25, 0.3) is 0 Å². The molecule has 23 heavy (non-hydrogen) atoms. The van der Waals surface area contributed by atoms with Crippen molar-refractivity contribution in [1.29, 1.82) is 0 Å². The molecule has 0 unspecified atom stereocenters. The number of ether oxygens (including phenoxy) is 1. The molecule has 3 aliphatic heterocycles. The van der Waals surface area contributed by atoms with Gasteiger partial charge in [0.2, 0.25) is 5.91 Å². The predicted octanol–water partition coefficient (Wildman–Crippen LogP) is -0.0438. The van der Waals surface area contributed by atoms with E-state index in [-0.39, 0.29) is 11.8 Å². The number of amides is 3. The van der Waals surface area contributed by atoms with Crippen LogP contribution in [0.3, 0.4) is 0 Å². The summed E-state index contributed by atoms with van der Waals surface area (Å²) in [5.74, 6) is 0.582. The largest absolute Gasteiger partial charge is 0.379 e. The lowest BCUT2D eigenvalue weighted by molar-refractivity contribution is -0.136. The average Bonchev–Trinajstić information content (AvgIpc) is 2.97. The summed E-state index contributed by atoms with van der Waals surface area (Å²) in [6.45, 7) is 8.46. The van der Waals surface area contributed by atoms with E-state index >= 15 is 0 Å². The summed E-state index contributed by atoms with van der Waals surface area (Å²) in [6, 6.07) is 0.0159. The van der Waals surface area contributed by atoms with Gasteiger partial charge in [0.1, 0.15) is 0 Å². The highest BCUT2D eigenvalue weighted by atomic mass is 16.5. The fraction of sp³-hybridized carbons (Fsp3) is 0.875. The van der Waals surface area contributed by atoms with E-state index in [2.05, 4.69) is 11.8 Å². The van der Waals surface area contributed by atoms with Crippen LogP contribution in [0, 0.1) is 11.8 Å². The van der Waals surface area contributed by atoms with Crippen LogP contribution >= 0.6 is 0 Å². The van der Waals surface area contributed by atoms with Gasteiger partial charge in [-0.3, -0.25) is 9.69 Å². The van der Waals surface area contributed by atoms with Gasteiger partial charge in [0, 0.05) is 45.3 Å². The molecule has 3 saturated heterocycles. The van der Waals surface area contributed by atoms with Crippen LogP contribution in [0.1, 0.15) is 19.8 Å². The van der Waals surface area contributed by atoms with Crippen LogP contribution in [0.5, 0.6) is 0 Å². The number of urea groups is 1. The normalized spacial score (nSPS) is 33.0. The van der Waals surface area contributed by atoms with Gasteiger partial charge in [-0.2, -0.15) is 0 Å². The monoisotopic (exact) mass is 324 g/mol. The Bertz CT molecular complexity index is 453. The van der Waals surface area contributed by atoms with E-state index in [0.717, 1.165) is 52.2 Å². The van der Waals surface area contributed by atoms with E-state index in [4.69, 9.17) is 10.5 Å². The molecule has 3 rings (SSSR count). The molecule has 0 radical (unpaired) electrons. The quantitative estimate of drug-likeness (QED) is 0.773. The first-order valence-electron chi connectivity index (χ1n) is 8.71. The molecule has 0 bridgehead atoms. The van der Waals surface area contributed by atoms with Crippen molar-refractivity contribution in [2.75, 3.05) is 52.5 Å². The standard InChI is InChI=1S/C16H28N4O3/c1-12-9-20(11-14(12)18-5-7-23-8-6-18)15(21)13-3-2-4-19(10-13)16(17)22/h12-14H,2-11H2,1H3,(H2,17,22)/t12-,13+,14-/m1/s1. The zero-order chi connectivity index (χ0) is 16.4. The molecule has 3 fully saturated rings. The first kappa shape index (κ1) is 16.5. The zero-order valence-corrected chi connectivity index (χ0v) is 13.9. The smallest absolute Gasteiger partial charge is 0.314 e. The number of hydrogen-bond acceptors (Lipinski definition) is 4. The molecule has 130 valence electrons. The molecule has 7 nitrogen and oxygen atoms in total. The summed E-state index contributed by atoms with van der Waals surface area (Å²) < 4.78 is 5.43. The van der Waals surface area contributed by atoms with Gasteiger partial charge in [-0.1, -0.05) is 6.92 Å². The van der Waals surface area contributed by atoms with E-state index < -0.39 is 6.03 Å². The number of piperidine rings is 1. The van der Waals surface area contributed by atoms with Crippen molar-refractivity contribution in [1.82, 2.24) is 14.7 Å². The summed E-state index contributed by atoms with van der Waals surface area (Å²) in [6.07, 6.45) is 1.71. The molecular formula is C16H28N4O3. The summed E-state index contributed by atoms with van der Waals surface area (Å²) in [5.41, 5.74) is 5.37. The van der Waals surface area contributed by atoms with E-state index in [9.17, 15) is 9.59 Å². The van der Waals surface area contributed by atoms with Gasteiger partial charge in [-0.05, 0) is 18.8 Å². The molecule has 3 aliphatic rings. The number of hydrogen-bond donors (Lipinski definition) is 1. The van der Waals surface area contributed by atoms with Crippen LogP contribution in [0.2, 0.25) is 0 Å². The first-order chi connectivity index (χ1) is 11.1. The highest BCUT2D eigenvalue weighted by Crippen LogP contribution is 2.26. The third kappa shape index (κ3) is 3.61. The van der Waals surface area contributed by atoms with Gasteiger partial charge >= 0.3 is 6.03 Å². The maximum Gasteiger partial charge on any atom is 0.314 e. The Hall–Kier alpha value is -1.34. The number of rotatable bonds is 2. The van der Waals surface area contributed by atoms with Crippen molar-refractivity contribution in [3.8, 4) is 0 Å². The van der Waals surface area contributed by atoms with Crippen LogP contribution < -0.4 is 5.73 Å². The van der Waals surface area contributed by atoms with Crippen LogP contribution in [0.25, 0.3) is 0 Å². The molecule has 3 atom stereocenters. The molecular weight excluding hydrogens is 296 g/mol. The Balaban J connectivity index is 1.58. The van der Waals surface area contributed by atoms with Crippen LogP contribution in [0.4, 0.5) is 4.79 Å². The average molecular weight is 324 g/mol. The Morgan fingerprint density at radius 2 is 1.78 bits per heavy atom. The molecule has 0 aliphatic carbocycles. The highest BCUT2D eigenvalue weighted by Gasteiger charge is 2.39. The van der Waals surface area contributed by atoms with Gasteiger partial charge in [0.05, 0.1) is 19.1 Å². The van der Waals surface area contributed by atoms with Crippen molar-refractivity contribution in [3.63, 3.8) is 0 Å². The number of carbonyl (C=O) groups excluding carboxylic acids is 2. The molecule has 3 amide bonds. The number of nitrogens with two attached hydrogens (primary N) is 1. The third-order valence-electron chi connectivity index (χ3n) is 5.48. The Morgan fingerprint density at radius 1 is 1.04 bits per heavy atom. The van der Waals surface area contributed by atoms with E-state index in [1.54, 1.807) is 4.90 Å². The van der Waals surface area contributed by atoms with E-state index in [1.807, 2.05) is 4.90 Å². The van der Waals surface area contributed by atoms with E-state index in [1.165, 1.54) is 0 Å². The minimum Gasteiger partial charge on any atom is -0.379 e. The lowest BCUT2D eigenvalue weighted by Crippen LogP contribution is -2.49. The highest BCUT2D eigenvalue weighted by molar-refractivity contribution is 5.81. The number of primary amides is 1. The molecule has 0 spiro atoms. The molecule has 7 heteroatoms. The number of morpholine rings is 1. The Kier molecular flexibility index (Phi) is 5.06. The summed E-state index contributed by atoms with van der Waals surface area (Å²) in [7, 11) is 0. The van der Waals surface area contributed by atoms with Gasteiger partial charge in [-0.25, -0.2) is 4.79 Å². The van der Waals surface area contributed by atoms with E-state index in [0.29, 0.717) is 25.0 Å². The maximum absolute atomic E-state index is 12.8. The maximum atomic E-state index is 12.8. The number of carbonyl (C=O) groups is 2. The van der Waals surface area contributed by atoms with Crippen molar-refractivity contribution >= 4 is 11.9 Å². The Morgan fingerprint density at radius 3 is 2.48 bits per heavy atom. The molecule has 0 aromatic heterocycles. The third-order valence-corrected chi connectivity index (χ3v) is 5.48. The Labute approximate surface area is 137 Å². The van der Waals surface area contributed by atoms with Crippen molar-refractivity contribution < 1.29 is 14.3 Å². The first-order valence-corrected chi connectivity index (χ1v) is 8.71. The number of nitrogens with zero attached hydrogens (tertiary/aromatic N) is 3. The van der Waals surface area contributed by atoms with Crippen LogP contribution in [0.15, 0.2) is 0 Å². The second kappa shape index (κ2) is 7.05. The fourth-order valence-electron chi connectivity index (χ4n) is 4.15. The molecule has 0 saturated carbocycles. The zero-order valence-electron chi connectivity index (χ0n) is 13.9. The minimum atomic E-state index is -0.413. The number of likely N-dealkylation sites (tertiary alicyclic amines) is 2. The molecule has 0 aromatic carbocycles. The second-order valence-corrected chi connectivity index (χ2v) is 7.06. The van der Waals surface area contributed by atoms with Crippen LogP contribution in [-0.2, 0) is 9.53 Å². The summed E-state index contributed by atoms with van der Waals surface area (Å²) in [4.78, 5) is 30.3. The second-order valence-electron chi connectivity index (χ2n) is 7.06.